The van der Waals surface area contributed by atoms with Crippen molar-refractivity contribution in [2.45, 2.75) is 38.8 Å². The predicted octanol–water partition coefficient (Wildman–Crippen LogP) is 3.38. The first-order valence-electron chi connectivity index (χ1n) is 11.3. The van der Waals surface area contributed by atoms with Crippen molar-refractivity contribution in [1.82, 2.24) is 15.3 Å². The van der Waals surface area contributed by atoms with Gasteiger partial charge < -0.3 is 24.9 Å². The lowest BCUT2D eigenvalue weighted by Crippen LogP contribution is -2.27. The zero-order valence-electron chi connectivity index (χ0n) is 18.9. The van der Waals surface area contributed by atoms with Crippen molar-refractivity contribution in [3.8, 4) is 5.75 Å². The third kappa shape index (κ3) is 5.63. The summed E-state index contributed by atoms with van der Waals surface area (Å²) in [5, 5.41) is 14.2. The number of ether oxygens (including phenoxy) is 2. The summed E-state index contributed by atoms with van der Waals surface area (Å²) in [4.78, 5) is 32.6. The van der Waals surface area contributed by atoms with Crippen LogP contribution in [-0.2, 0) is 17.9 Å². The van der Waals surface area contributed by atoms with Gasteiger partial charge in [0.1, 0.15) is 4.83 Å². The van der Waals surface area contributed by atoms with Gasteiger partial charge in [-0.2, -0.15) is 0 Å². The molecule has 1 amide bonds. The molecule has 182 valence electrons. The Kier molecular flexibility index (Phi) is 7.91. The molecule has 1 aliphatic rings. The first-order valence-corrected chi connectivity index (χ1v) is 12.2. The first-order chi connectivity index (χ1) is 16.5. The van der Waals surface area contributed by atoms with Crippen LogP contribution in [0.15, 0.2) is 28.4 Å². The molecule has 3 aromatic rings. The minimum absolute atomic E-state index is 0.0819. The van der Waals surface area contributed by atoms with E-state index in [0.717, 1.165) is 31.2 Å². The second kappa shape index (κ2) is 11.1. The number of H-pyrrole nitrogens is 1. The Hall–Kier alpha value is -2.82. The third-order valence-corrected chi connectivity index (χ3v) is 7.16. The molecule has 0 radical (unpaired) electrons. The molecule has 1 saturated carbocycles. The summed E-state index contributed by atoms with van der Waals surface area (Å²) in [6, 6.07) is 4.31. The fourth-order valence-electron chi connectivity index (χ4n) is 4.22. The van der Waals surface area contributed by atoms with Crippen LogP contribution in [0.2, 0.25) is 0 Å². The zero-order chi connectivity index (χ0) is 24.1. The largest absolute Gasteiger partial charge is 0.494 e. The van der Waals surface area contributed by atoms with E-state index in [-0.39, 0.29) is 30.3 Å². The number of aromatic amines is 1. The smallest absolute Gasteiger partial charge is 0.287 e. The molecule has 0 saturated heterocycles. The van der Waals surface area contributed by atoms with Gasteiger partial charge in [-0.3, -0.25) is 9.59 Å². The van der Waals surface area contributed by atoms with Crippen LogP contribution in [0, 0.1) is 17.7 Å². The highest BCUT2D eigenvalue weighted by Crippen LogP contribution is 2.29. The summed E-state index contributed by atoms with van der Waals surface area (Å²) in [5.41, 5.74) is 1.01. The number of methoxy groups -OCH3 is 1. The summed E-state index contributed by atoms with van der Waals surface area (Å²) in [5.74, 6) is -0.132. The summed E-state index contributed by atoms with van der Waals surface area (Å²) in [6.07, 6.45) is 4.13. The number of carbonyl (C=O) groups is 1. The lowest BCUT2D eigenvalue weighted by atomic mass is 9.83. The zero-order valence-corrected chi connectivity index (χ0v) is 19.8. The number of fused-ring (bicyclic) bond motifs is 1. The molecular formula is C24H28FN3O5S. The van der Waals surface area contributed by atoms with E-state index in [1.807, 2.05) is 5.38 Å². The minimum atomic E-state index is -0.535. The maximum Gasteiger partial charge on any atom is 0.287 e. The molecule has 1 aromatic carbocycles. The molecule has 8 nitrogen and oxygen atoms in total. The normalized spacial score (nSPS) is 18.2. The van der Waals surface area contributed by atoms with Gasteiger partial charge in [-0.05, 0) is 60.6 Å². The van der Waals surface area contributed by atoms with Gasteiger partial charge in [-0.15, -0.1) is 11.3 Å². The highest BCUT2D eigenvalue weighted by atomic mass is 32.1. The molecule has 1 fully saturated rings. The van der Waals surface area contributed by atoms with Crippen LogP contribution in [0.5, 0.6) is 5.75 Å². The number of aliphatic hydroxyl groups excluding tert-OH is 1. The fraction of sp³-hybridized carbons (Fsp3) is 0.458. The third-order valence-electron chi connectivity index (χ3n) is 6.24. The van der Waals surface area contributed by atoms with Gasteiger partial charge in [-0.25, -0.2) is 9.37 Å². The molecular weight excluding hydrogens is 461 g/mol. The minimum Gasteiger partial charge on any atom is -0.494 e. The number of aromatic nitrogens is 2. The Morgan fingerprint density at radius 3 is 2.79 bits per heavy atom. The summed E-state index contributed by atoms with van der Waals surface area (Å²) in [6.45, 7) is 1.31. The summed E-state index contributed by atoms with van der Waals surface area (Å²) in [7, 11) is 1.37. The topological polar surface area (TPSA) is 114 Å². The van der Waals surface area contributed by atoms with Gasteiger partial charge in [0.05, 0.1) is 19.1 Å². The van der Waals surface area contributed by atoms with Gasteiger partial charge in [0.2, 0.25) is 5.82 Å². The van der Waals surface area contributed by atoms with Crippen LogP contribution in [0.25, 0.3) is 10.2 Å². The van der Waals surface area contributed by atoms with Crippen molar-refractivity contribution in [2.75, 3.05) is 20.3 Å². The average Bonchev–Trinajstić information content (AvgIpc) is 3.27. The Balaban J connectivity index is 1.36. The number of amides is 1. The maximum atomic E-state index is 13.6. The molecule has 0 unspecified atom stereocenters. The predicted molar refractivity (Wildman–Crippen MR) is 127 cm³/mol. The number of halogens is 1. The molecule has 1 aliphatic carbocycles. The monoisotopic (exact) mass is 489 g/mol. The van der Waals surface area contributed by atoms with E-state index in [9.17, 15) is 19.1 Å². The summed E-state index contributed by atoms with van der Waals surface area (Å²) < 4.78 is 24.4. The lowest BCUT2D eigenvalue weighted by Gasteiger charge is -2.26. The highest BCUT2D eigenvalue weighted by molar-refractivity contribution is 7.16. The maximum absolute atomic E-state index is 13.6. The van der Waals surface area contributed by atoms with Crippen LogP contribution in [-0.4, -0.2) is 41.3 Å². The molecule has 0 atom stereocenters. The Bertz CT molecular complexity index is 1200. The molecule has 2 aromatic heterocycles. The number of carbonyl (C=O) groups excluding carboxylic acids is 1. The Morgan fingerprint density at radius 2 is 2.06 bits per heavy atom. The molecule has 2 heterocycles. The number of hydrogen-bond acceptors (Lipinski definition) is 7. The molecule has 0 spiro atoms. The van der Waals surface area contributed by atoms with Crippen molar-refractivity contribution in [1.29, 1.82) is 0 Å². The van der Waals surface area contributed by atoms with E-state index >= 15 is 0 Å². The van der Waals surface area contributed by atoms with Gasteiger partial charge in [0.15, 0.2) is 11.6 Å². The van der Waals surface area contributed by atoms with E-state index < -0.39 is 11.7 Å². The van der Waals surface area contributed by atoms with Crippen molar-refractivity contribution in [3.63, 3.8) is 0 Å². The number of aliphatic hydroxyl groups is 1. The molecule has 3 N–H and O–H groups in total. The first kappa shape index (κ1) is 24.3. The van der Waals surface area contributed by atoms with Gasteiger partial charge in [0.25, 0.3) is 11.5 Å². The van der Waals surface area contributed by atoms with Gasteiger partial charge in [0, 0.05) is 25.3 Å². The molecule has 34 heavy (non-hydrogen) atoms. The van der Waals surface area contributed by atoms with E-state index in [1.165, 1.54) is 30.6 Å². The van der Waals surface area contributed by atoms with E-state index in [4.69, 9.17) is 9.47 Å². The van der Waals surface area contributed by atoms with E-state index in [1.54, 1.807) is 6.07 Å². The van der Waals surface area contributed by atoms with Crippen LogP contribution in [0.3, 0.4) is 0 Å². The molecule has 10 heteroatoms. The summed E-state index contributed by atoms with van der Waals surface area (Å²) >= 11 is 1.29. The highest BCUT2D eigenvalue weighted by Gasteiger charge is 2.21. The number of rotatable bonds is 9. The molecule has 0 aliphatic heterocycles. The molecule has 4 rings (SSSR count). The van der Waals surface area contributed by atoms with Crippen molar-refractivity contribution in [2.24, 2.45) is 11.8 Å². The van der Waals surface area contributed by atoms with Gasteiger partial charge >= 0.3 is 0 Å². The Labute approximate surface area is 200 Å². The quantitative estimate of drug-likeness (QED) is 0.425. The van der Waals surface area contributed by atoms with Crippen molar-refractivity contribution in [3.05, 3.63) is 56.7 Å². The second-order valence-electron chi connectivity index (χ2n) is 8.59. The van der Waals surface area contributed by atoms with Gasteiger partial charge in [-0.1, -0.05) is 6.07 Å². The number of nitrogens with one attached hydrogen (secondary N) is 2. The van der Waals surface area contributed by atoms with Crippen LogP contribution >= 0.6 is 11.3 Å². The fourth-order valence-corrected chi connectivity index (χ4v) is 5.14. The SMILES string of the molecule is COc1cc(CNC(=O)c2nc3scc(COC[C@H]4CC[C@H](CO)CC4)c3c(=O)[nH]2)ccc1F. The number of nitrogens with zero attached hydrogens (tertiary/aromatic N) is 1. The van der Waals surface area contributed by atoms with E-state index in [2.05, 4.69) is 15.3 Å². The lowest BCUT2D eigenvalue weighted by molar-refractivity contribution is 0.0608. The number of thiophene rings is 1. The standard InChI is InChI=1S/C24H28FN3O5S/c1-32-19-8-16(6-7-18(19)25)9-26-23(31)21-27-22(30)20-17(13-34-24(20)28-21)12-33-11-15-4-2-14(10-29)3-5-15/h6-8,13-15,29H,2-5,9-12H2,1H3,(H,26,31)(H,27,28,30)/t14-,15-. The molecule has 0 bridgehead atoms. The Morgan fingerprint density at radius 1 is 1.29 bits per heavy atom. The van der Waals surface area contributed by atoms with Crippen molar-refractivity contribution >= 4 is 27.5 Å². The van der Waals surface area contributed by atoms with Crippen LogP contribution in [0.4, 0.5) is 4.39 Å². The van der Waals surface area contributed by atoms with Crippen LogP contribution < -0.4 is 15.6 Å². The second-order valence-corrected chi connectivity index (χ2v) is 9.45. The number of hydrogen-bond donors (Lipinski definition) is 3. The number of benzene rings is 1. The van der Waals surface area contributed by atoms with Crippen molar-refractivity contribution < 1.29 is 23.8 Å². The van der Waals surface area contributed by atoms with E-state index in [0.29, 0.717) is 40.8 Å². The average molecular weight is 490 g/mol. The van der Waals surface area contributed by atoms with Crippen LogP contribution in [0.1, 0.15) is 47.4 Å².